The fraction of sp³-hybridized carbons (Fsp3) is 0.556. The Morgan fingerprint density at radius 1 is 1.27 bits per heavy atom. The molecule has 0 saturated heterocycles. The molecule has 0 N–H and O–H groups in total. The molecule has 1 aromatic heterocycles. The van der Waals surface area contributed by atoms with Gasteiger partial charge in [-0.25, -0.2) is 9.97 Å². The van der Waals surface area contributed by atoms with Crippen LogP contribution in [0.1, 0.15) is 24.7 Å². The summed E-state index contributed by atoms with van der Waals surface area (Å²) in [7, 11) is 0. The number of hydrogen-bond donors (Lipinski definition) is 0. The van der Waals surface area contributed by atoms with Crippen LogP contribution in [0.2, 0.25) is 5.02 Å². The molecule has 0 spiro atoms. The zero-order valence-corrected chi connectivity index (χ0v) is 8.86. The maximum absolute atomic E-state index is 12.0. The van der Waals surface area contributed by atoms with Gasteiger partial charge in [-0.05, 0) is 12.8 Å². The summed E-state index contributed by atoms with van der Waals surface area (Å²) < 4.78 is 35.9. The molecule has 1 rings (SSSR count). The van der Waals surface area contributed by atoms with Crippen LogP contribution in [-0.2, 0) is 12.8 Å². The Balaban J connectivity index is 2.78. The highest BCUT2D eigenvalue weighted by molar-refractivity contribution is 6.31. The number of aromatic nitrogens is 2. The summed E-state index contributed by atoms with van der Waals surface area (Å²) in [6.07, 6.45) is -3.46. The van der Waals surface area contributed by atoms with Crippen LogP contribution in [0.3, 0.4) is 0 Å². The Hall–Kier alpha value is -0.840. The lowest BCUT2D eigenvalue weighted by Crippen LogP contribution is -2.10. The molecule has 0 aliphatic heterocycles. The molecule has 84 valence electrons. The summed E-state index contributed by atoms with van der Waals surface area (Å²) in [6.45, 7) is 1.84. The third kappa shape index (κ3) is 3.66. The van der Waals surface area contributed by atoms with E-state index in [4.69, 9.17) is 11.6 Å². The lowest BCUT2D eigenvalue weighted by atomic mass is 10.2. The van der Waals surface area contributed by atoms with Crippen LogP contribution in [0.4, 0.5) is 13.2 Å². The van der Waals surface area contributed by atoms with Crippen LogP contribution < -0.4 is 0 Å². The van der Waals surface area contributed by atoms with Crippen LogP contribution in [-0.4, -0.2) is 16.1 Å². The second-order valence-electron chi connectivity index (χ2n) is 3.05. The summed E-state index contributed by atoms with van der Waals surface area (Å²) in [5.74, 6) is 0. The lowest BCUT2D eigenvalue weighted by Gasteiger charge is -2.08. The van der Waals surface area contributed by atoms with Gasteiger partial charge in [0.2, 0.25) is 0 Å². The molecule has 1 heterocycles. The van der Waals surface area contributed by atoms with Crippen molar-refractivity contribution >= 4 is 11.6 Å². The molecule has 0 aromatic carbocycles. The van der Waals surface area contributed by atoms with Gasteiger partial charge in [0.05, 0.1) is 16.4 Å². The van der Waals surface area contributed by atoms with Crippen molar-refractivity contribution in [3.05, 3.63) is 22.7 Å². The van der Waals surface area contributed by atoms with Gasteiger partial charge in [0, 0.05) is 6.42 Å². The monoisotopic (exact) mass is 238 g/mol. The van der Waals surface area contributed by atoms with Gasteiger partial charge in [0.15, 0.2) is 0 Å². The molecule has 0 saturated carbocycles. The van der Waals surface area contributed by atoms with Gasteiger partial charge in [-0.15, -0.1) is 0 Å². The summed E-state index contributed by atoms with van der Waals surface area (Å²) in [4.78, 5) is 7.62. The second kappa shape index (κ2) is 4.79. The van der Waals surface area contributed by atoms with Crippen molar-refractivity contribution in [3.8, 4) is 0 Å². The van der Waals surface area contributed by atoms with E-state index in [0.717, 1.165) is 0 Å². The van der Waals surface area contributed by atoms with Crippen molar-refractivity contribution in [2.24, 2.45) is 0 Å². The maximum Gasteiger partial charge on any atom is 0.389 e. The normalized spacial score (nSPS) is 11.8. The Morgan fingerprint density at radius 3 is 2.40 bits per heavy atom. The number of halogens is 4. The summed E-state index contributed by atoms with van der Waals surface area (Å²) in [5, 5.41) is 0.254. The maximum atomic E-state index is 12.0. The molecule has 0 aliphatic rings. The lowest BCUT2D eigenvalue weighted by molar-refractivity contribution is -0.134. The van der Waals surface area contributed by atoms with Gasteiger partial charge in [0.1, 0.15) is 6.33 Å². The van der Waals surface area contributed by atoms with E-state index in [-0.39, 0.29) is 17.1 Å². The fourth-order valence-corrected chi connectivity index (χ4v) is 1.45. The predicted molar refractivity (Wildman–Crippen MR) is 50.8 cm³/mol. The van der Waals surface area contributed by atoms with E-state index in [1.54, 1.807) is 0 Å². The topological polar surface area (TPSA) is 25.8 Å². The number of nitrogens with zero attached hydrogens (tertiary/aromatic N) is 2. The SMILES string of the molecule is CCc1ncnc(CCC(F)(F)F)c1Cl. The number of aryl methyl sites for hydroxylation is 2. The number of rotatable bonds is 3. The number of alkyl halides is 3. The highest BCUT2D eigenvalue weighted by Crippen LogP contribution is 2.25. The standard InChI is InChI=1S/C9H10ClF3N2/c1-2-6-8(10)7(15-5-14-6)3-4-9(11,12)13/h5H,2-4H2,1H3. The van der Waals surface area contributed by atoms with Gasteiger partial charge >= 0.3 is 6.18 Å². The van der Waals surface area contributed by atoms with Gasteiger partial charge < -0.3 is 0 Å². The first-order valence-corrected chi connectivity index (χ1v) is 4.87. The van der Waals surface area contributed by atoms with E-state index in [2.05, 4.69) is 9.97 Å². The van der Waals surface area contributed by atoms with E-state index >= 15 is 0 Å². The van der Waals surface area contributed by atoms with Crippen LogP contribution >= 0.6 is 11.6 Å². The van der Waals surface area contributed by atoms with Crippen LogP contribution in [0.25, 0.3) is 0 Å². The Kier molecular flexibility index (Phi) is 3.90. The first-order chi connectivity index (χ1) is 6.94. The summed E-state index contributed by atoms with van der Waals surface area (Å²) >= 11 is 5.85. The third-order valence-electron chi connectivity index (χ3n) is 1.91. The molecule has 6 heteroatoms. The first-order valence-electron chi connectivity index (χ1n) is 4.49. The molecular weight excluding hydrogens is 229 g/mol. The average Bonchev–Trinajstić information content (AvgIpc) is 2.15. The molecule has 0 aliphatic carbocycles. The van der Waals surface area contributed by atoms with Crippen molar-refractivity contribution in [3.63, 3.8) is 0 Å². The van der Waals surface area contributed by atoms with Crippen LogP contribution in [0, 0.1) is 0 Å². The van der Waals surface area contributed by atoms with E-state index in [1.807, 2.05) is 6.92 Å². The minimum atomic E-state index is -4.18. The highest BCUT2D eigenvalue weighted by Gasteiger charge is 2.27. The molecule has 0 fully saturated rings. The minimum Gasteiger partial charge on any atom is -0.240 e. The van der Waals surface area contributed by atoms with Gasteiger partial charge in [-0.2, -0.15) is 13.2 Å². The second-order valence-corrected chi connectivity index (χ2v) is 3.43. The van der Waals surface area contributed by atoms with Crippen molar-refractivity contribution in [1.29, 1.82) is 0 Å². The van der Waals surface area contributed by atoms with Crippen molar-refractivity contribution in [1.82, 2.24) is 9.97 Å². The van der Waals surface area contributed by atoms with E-state index in [9.17, 15) is 13.2 Å². The third-order valence-corrected chi connectivity index (χ3v) is 2.35. The number of hydrogen-bond acceptors (Lipinski definition) is 2. The molecule has 1 aromatic rings. The van der Waals surface area contributed by atoms with Gasteiger partial charge in [-0.3, -0.25) is 0 Å². The smallest absolute Gasteiger partial charge is 0.240 e. The van der Waals surface area contributed by atoms with Crippen molar-refractivity contribution in [2.75, 3.05) is 0 Å². The Bertz CT molecular complexity index is 339. The Labute approximate surface area is 90.5 Å². The summed E-state index contributed by atoms with van der Waals surface area (Å²) in [6, 6.07) is 0. The molecule has 2 nitrogen and oxygen atoms in total. The van der Waals surface area contributed by atoms with Crippen LogP contribution in [0.5, 0.6) is 0 Å². The van der Waals surface area contributed by atoms with Gasteiger partial charge in [0.25, 0.3) is 0 Å². The highest BCUT2D eigenvalue weighted by atomic mass is 35.5. The molecule has 15 heavy (non-hydrogen) atoms. The molecule has 0 unspecified atom stereocenters. The molecule has 0 atom stereocenters. The quantitative estimate of drug-likeness (QED) is 0.808. The van der Waals surface area contributed by atoms with E-state index in [0.29, 0.717) is 12.1 Å². The van der Waals surface area contributed by atoms with E-state index in [1.165, 1.54) is 6.33 Å². The minimum absolute atomic E-state index is 0.197. The van der Waals surface area contributed by atoms with Crippen molar-refractivity contribution in [2.45, 2.75) is 32.4 Å². The fourth-order valence-electron chi connectivity index (χ4n) is 1.13. The summed E-state index contributed by atoms with van der Waals surface area (Å²) in [5.41, 5.74) is 0.852. The average molecular weight is 239 g/mol. The van der Waals surface area contributed by atoms with Crippen molar-refractivity contribution < 1.29 is 13.2 Å². The van der Waals surface area contributed by atoms with Gasteiger partial charge in [-0.1, -0.05) is 18.5 Å². The van der Waals surface area contributed by atoms with Crippen LogP contribution in [0.15, 0.2) is 6.33 Å². The Morgan fingerprint density at radius 2 is 1.87 bits per heavy atom. The zero-order chi connectivity index (χ0) is 11.5. The first kappa shape index (κ1) is 12.2. The van der Waals surface area contributed by atoms with E-state index < -0.39 is 12.6 Å². The largest absolute Gasteiger partial charge is 0.389 e. The molecule has 0 amide bonds. The molecule has 0 bridgehead atoms. The predicted octanol–water partition coefficient (Wildman–Crippen LogP) is 3.19. The molecular formula is C9H10ClF3N2. The molecule has 0 radical (unpaired) electrons. The zero-order valence-electron chi connectivity index (χ0n) is 8.10.